The number of benzene rings is 1. The van der Waals surface area contributed by atoms with Crippen LogP contribution in [0.4, 0.5) is 5.82 Å². The third-order valence-corrected chi connectivity index (χ3v) is 2.88. The van der Waals surface area contributed by atoms with Gasteiger partial charge < -0.3 is 10.1 Å². The fourth-order valence-electron chi connectivity index (χ4n) is 1.55. The Balaban J connectivity index is 2.51. The van der Waals surface area contributed by atoms with Gasteiger partial charge in [0, 0.05) is 7.05 Å². The van der Waals surface area contributed by atoms with Crippen LogP contribution in [0.15, 0.2) is 24.3 Å². The molecule has 2 aromatic rings. The molecule has 1 aromatic heterocycles. The smallest absolute Gasteiger partial charge is 0.210 e. The molecular weight excluding hydrogens is 261 g/mol. The quantitative estimate of drug-likeness (QED) is 0.932. The van der Waals surface area contributed by atoms with Crippen LogP contribution in [-0.4, -0.2) is 23.7 Å². The van der Waals surface area contributed by atoms with Gasteiger partial charge in [0.05, 0.1) is 12.8 Å². The molecule has 2 rings (SSSR count). The molecule has 0 radical (unpaired) electrons. The summed E-state index contributed by atoms with van der Waals surface area (Å²) in [6.45, 7) is 0. The highest BCUT2D eigenvalue weighted by Crippen LogP contribution is 2.29. The summed E-state index contributed by atoms with van der Waals surface area (Å²) < 4.78 is 6.82. The number of methoxy groups -OCH3 is 1. The molecule has 0 aliphatic rings. The molecule has 1 aromatic carbocycles. The van der Waals surface area contributed by atoms with E-state index in [4.69, 9.17) is 27.9 Å². The summed E-state index contributed by atoms with van der Waals surface area (Å²) in [5.74, 6) is 1.43. The second-order valence-electron chi connectivity index (χ2n) is 3.30. The van der Waals surface area contributed by atoms with Crippen molar-refractivity contribution in [1.82, 2.24) is 9.55 Å². The average Bonchev–Trinajstić information content (AvgIpc) is 2.63. The predicted molar refractivity (Wildman–Crippen MR) is 69.7 cm³/mol. The van der Waals surface area contributed by atoms with Gasteiger partial charge in [-0.1, -0.05) is 11.6 Å². The Hall–Kier alpha value is -1.39. The summed E-state index contributed by atoms with van der Waals surface area (Å²) in [5, 5.41) is 3.62. The van der Waals surface area contributed by atoms with Crippen LogP contribution in [0.5, 0.6) is 5.75 Å². The van der Waals surface area contributed by atoms with E-state index in [-0.39, 0.29) is 0 Å². The molecule has 0 aliphatic heterocycles. The molecule has 0 amide bonds. The Kier molecular flexibility index (Phi) is 3.45. The standard InChI is InChI=1S/C11H11Cl2N3O/c1-14-10-9(12)15-11(13)16(10)7-3-5-8(17-2)6-4-7/h3-6,14H,1-2H3. The van der Waals surface area contributed by atoms with E-state index in [1.807, 2.05) is 24.3 Å². The van der Waals surface area contributed by atoms with E-state index in [1.54, 1.807) is 18.7 Å². The zero-order valence-electron chi connectivity index (χ0n) is 9.37. The Bertz CT molecular complexity index is 522. The maximum Gasteiger partial charge on any atom is 0.210 e. The van der Waals surface area contributed by atoms with E-state index in [9.17, 15) is 0 Å². The third kappa shape index (κ3) is 2.18. The van der Waals surface area contributed by atoms with Gasteiger partial charge in [-0.05, 0) is 35.9 Å². The van der Waals surface area contributed by atoms with Crippen molar-refractivity contribution in [1.29, 1.82) is 0 Å². The first kappa shape index (κ1) is 12.1. The minimum absolute atomic E-state index is 0.310. The van der Waals surface area contributed by atoms with Crippen molar-refractivity contribution in [2.75, 3.05) is 19.5 Å². The van der Waals surface area contributed by atoms with Gasteiger partial charge in [0.2, 0.25) is 5.28 Å². The first-order valence-electron chi connectivity index (χ1n) is 4.93. The number of anilines is 1. The average molecular weight is 272 g/mol. The minimum atomic E-state index is 0.310. The summed E-state index contributed by atoms with van der Waals surface area (Å²) in [7, 11) is 3.38. The van der Waals surface area contributed by atoms with E-state index >= 15 is 0 Å². The molecule has 0 saturated heterocycles. The van der Waals surface area contributed by atoms with E-state index in [1.165, 1.54) is 0 Å². The summed E-state index contributed by atoms with van der Waals surface area (Å²) in [5.41, 5.74) is 0.861. The van der Waals surface area contributed by atoms with Gasteiger partial charge in [-0.3, -0.25) is 4.57 Å². The van der Waals surface area contributed by atoms with Crippen LogP contribution in [0.2, 0.25) is 10.4 Å². The highest BCUT2D eigenvalue weighted by atomic mass is 35.5. The maximum atomic E-state index is 6.03. The van der Waals surface area contributed by atoms with Crippen LogP contribution >= 0.6 is 23.2 Å². The molecule has 0 atom stereocenters. The Morgan fingerprint density at radius 3 is 2.41 bits per heavy atom. The van der Waals surface area contributed by atoms with Crippen molar-refractivity contribution in [2.24, 2.45) is 0 Å². The van der Waals surface area contributed by atoms with E-state index in [0.717, 1.165) is 11.4 Å². The van der Waals surface area contributed by atoms with Crippen molar-refractivity contribution >= 4 is 29.0 Å². The summed E-state index contributed by atoms with van der Waals surface area (Å²) in [6.07, 6.45) is 0. The number of aromatic nitrogens is 2. The molecular formula is C11H11Cl2N3O. The largest absolute Gasteiger partial charge is 0.497 e. The van der Waals surface area contributed by atoms with Crippen molar-refractivity contribution in [2.45, 2.75) is 0 Å². The first-order valence-corrected chi connectivity index (χ1v) is 5.69. The molecule has 0 spiro atoms. The molecule has 4 nitrogen and oxygen atoms in total. The molecule has 90 valence electrons. The van der Waals surface area contributed by atoms with Gasteiger partial charge in [0.1, 0.15) is 5.75 Å². The number of nitrogens with one attached hydrogen (secondary N) is 1. The van der Waals surface area contributed by atoms with Crippen LogP contribution in [0.1, 0.15) is 0 Å². The zero-order chi connectivity index (χ0) is 12.4. The molecule has 0 bridgehead atoms. The highest BCUT2D eigenvalue weighted by Gasteiger charge is 2.14. The van der Waals surface area contributed by atoms with Gasteiger partial charge in [0.15, 0.2) is 11.0 Å². The lowest BCUT2D eigenvalue weighted by Crippen LogP contribution is -2.00. The molecule has 6 heteroatoms. The topological polar surface area (TPSA) is 39.1 Å². The van der Waals surface area contributed by atoms with Crippen LogP contribution in [0, 0.1) is 0 Å². The monoisotopic (exact) mass is 271 g/mol. The number of hydrogen-bond donors (Lipinski definition) is 1. The van der Waals surface area contributed by atoms with Crippen LogP contribution in [0.3, 0.4) is 0 Å². The van der Waals surface area contributed by atoms with Crippen LogP contribution in [-0.2, 0) is 0 Å². The minimum Gasteiger partial charge on any atom is -0.497 e. The number of rotatable bonds is 3. The number of nitrogens with zero attached hydrogens (tertiary/aromatic N) is 2. The second-order valence-corrected chi connectivity index (χ2v) is 4.00. The fourth-order valence-corrected chi connectivity index (χ4v) is 2.12. The van der Waals surface area contributed by atoms with E-state index < -0.39 is 0 Å². The van der Waals surface area contributed by atoms with Gasteiger partial charge in [-0.25, -0.2) is 4.98 Å². The van der Waals surface area contributed by atoms with Gasteiger partial charge in [-0.15, -0.1) is 0 Å². The van der Waals surface area contributed by atoms with Crippen molar-refractivity contribution in [3.63, 3.8) is 0 Å². The molecule has 0 saturated carbocycles. The molecule has 0 unspecified atom stereocenters. The first-order chi connectivity index (χ1) is 8.17. The Morgan fingerprint density at radius 2 is 1.88 bits per heavy atom. The van der Waals surface area contributed by atoms with Crippen molar-refractivity contribution < 1.29 is 4.74 Å². The lowest BCUT2D eigenvalue weighted by Gasteiger charge is -2.09. The number of hydrogen-bond acceptors (Lipinski definition) is 3. The Labute approximate surface area is 109 Å². The van der Waals surface area contributed by atoms with Crippen molar-refractivity contribution in [3.8, 4) is 11.4 Å². The summed E-state index contributed by atoms with van der Waals surface area (Å²) in [6, 6.07) is 7.45. The van der Waals surface area contributed by atoms with E-state index in [0.29, 0.717) is 16.3 Å². The molecule has 1 heterocycles. The maximum absolute atomic E-state index is 6.03. The highest BCUT2D eigenvalue weighted by molar-refractivity contribution is 6.34. The van der Waals surface area contributed by atoms with Gasteiger partial charge >= 0.3 is 0 Å². The lowest BCUT2D eigenvalue weighted by molar-refractivity contribution is 0.415. The third-order valence-electron chi connectivity index (χ3n) is 2.36. The molecule has 1 N–H and O–H groups in total. The normalized spacial score (nSPS) is 10.4. The Morgan fingerprint density at radius 1 is 1.24 bits per heavy atom. The molecule has 17 heavy (non-hydrogen) atoms. The molecule has 0 aliphatic carbocycles. The van der Waals surface area contributed by atoms with E-state index in [2.05, 4.69) is 10.3 Å². The van der Waals surface area contributed by atoms with Gasteiger partial charge in [0.25, 0.3) is 0 Å². The SMILES string of the molecule is CNc1c(Cl)nc(Cl)n1-c1ccc(OC)cc1. The number of ether oxygens (including phenoxy) is 1. The fraction of sp³-hybridized carbons (Fsp3) is 0.182. The van der Waals surface area contributed by atoms with Crippen molar-refractivity contribution in [3.05, 3.63) is 34.7 Å². The lowest BCUT2D eigenvalue weighted by atomic mass is 10.3. The number of imidazole rings is 1. The summed E-state index contributed by atoms with van der Waals surface area (Å²) in [4.78, 5) is 4.00. The number of halogens is 2. The zero-order valence-corrected chi connectivity index (χ0v) is 10.9. The van der Waals surface area contributed by atoms with Crippen LogP contribution in [0.25, 0.3) is 5.69 Å². The van der Waals surface area contributed by atoms with Crippen LogP contribution < -0.4 is 10.1 Å². The predicted octanol–water partition coefficient (Wildman–Crippen LogP) is 3.23. The summed E-state index contributed by atoms with van der Waals surface area (Å²) >= 11 is 12.0. The van der Waals surface area contributed by atoms with Gasteiger partial charge in [-0.2, -0.15) is 0 Å². The second kappa shape index (κ2) is 4.85. The molecule has 0 fully saturated rings.